The molecule has 0 bridgehead atoms. The number of hydrogen-bond acceptors (Lipinski definition) is 7. The zero-order valence-corrected chi connectivity index (χ0v) is 23.5. The van der Waals surface area contributed by atoms with Gasteiger partial charge in [0.25, 0.3) is 0 Å². The second-order valence-electron chi connectivity index (χ2n) is 11.1. The van der Waals surface area contributed by atoms with Crippen LogP contribution < -0.4 is 10.6 Å². The van der Waals surface area contributed by atoms with Crippen LogP contribution in [-0.2, 0) is 11.3 Å². The molecule has 0 radical (unpaired) electrons. The van der Waals surface area contributed by atoms with Crippen LogP contribution in [0.3, 0.4) is 0 Å². The second kappa shape index (κ2) is 11.6. The standard InChI is InChI=1S/C29H33ClN8O3/c1-2-17-7-9-18(10-8-17)16-38-24-23(19-13-20(30)15-32-14-19)33-27(25(31)34-29(39)40)35-26(24)36-28(38)37-11-12-41-22-6-4-3-5-21(22)37/h1,13-15,17-18,21-22H,3-12,16H2,(H2,31,34)(H,39,40). The summed E-state index contributed by atoms with van der Waals surface area (Å²) in [6.45, 7) is 2.06. The van der Waals surface area contributed by atoms with Gasteiger partial charge in [0.05, 0.1) is 23.8 Å². The molecule has 4 heterocycles. The Morgan fingerprint density at radius 2 is 1.98 bits per heavy atom. The van der Waals surface area contributed by atoms with E-state index in [1.54, 1.807) is 18.5 Å². The highest BCUT2D eigenvalue weighted by molar-refractivity contribution is 6.30. The van der Waals surface area contributed by atoms with Gasteiger partial charge < -0.3 is 25.0 Å². The van der Waals surface area contributed by atoms with Gasteiger partial charge in [0.15, 0.2) is 17.3 Å². The average molecular weight is 577 g/mol. The molecule has 3 aromatic rings. The molecule has 0 spiro atoms. The number of aliphatic imine (C=N–C) groups is 1. The summed E-state index contributed by atoms with van der Waals surface area (Å²) in [5.74, 6) is 4.15. The number of aromatic nitrogens is 5. The zero-order valence-electron chi connectivity index (χ0n) is 22.7. The summed E-state index contributed by atoms with van der Waals surface area (Å²) in [6, 6.07) is 1.98. The Morgan fingerprint density at radius 3 is 2.73 bits per heavy atom. The summed E-state index contributed by atoms with van der Waals surface area (Å²) in [6.07, 6.45) is 16.1. The topological polar surface area (TPSA) is 145 Å². The van der Waals surface area contributed by atoms with Crippen LogP contribution in [-0.4, -0.2) is 66.8 Å². The van der Waals surface area contributed by atoms with Gasteiger partial charge in [-0.15, -0.1) is 12.3 Å². The normalized spacial score (nSPS) is 25.1. The fraction of sp³-hybridized carbons (Fsp3) is 0.517. The van der Waals surface area contributed by atoms with Gasteiger partial charge in [-0.2, -0.15) is 9.98 Å². The van der Waals surface area contributed by atoms with Gasteiger partial charge in [-0.1, -0.05) is 24.4 Å². The van der Waals surface area contributed by atoms with Crippen LogP contribution in [0.1, 0.15) is 57.2 Å². The average Bonchev–Trinajstić information content (AvgIpc) is 3.34. The Labute approximate surface area is 243 Å². The molecule has 41 heavy (non-hydrogen) atoms. The molecule has 3 aliphatic rings. The maximum Gasteiger partial charge on any atom is 0.433 e. The minimum absolute atomic E-state index is 0.0156. The van der Waals surface area contributed by atoms with E-state index in [-0.39, 0.29) is 23.8 Å². The van der Waals surface area contributed by atoms with Crippen molar-refractivity contribution < 1.29 is 14.6 Å². The Morgan fingerprint density at radius 1 is 1.17 bits per heavy atom. The third-order valence-corrected chi connectivity index (χ3v) is 8.73. The molecule has 2 saturated carbocycles. The van der Waals surface area contributed by atoms with Gasteiger partial charge in [-0.05, 0) is 50.5 Å². The van der Waals surface area contributed by atoms with Crippen molar-refractivity contribution in [2.45, 2.75) is 70.1 Å². The highest BCUT2D eigenvalue weighted by Gasteiger charge is 2.37. The molecular weight excluding hydrogens is 544 g/mol. The molecule has 1 aliphatic heterocycles. The molecule has 0 aromatic carbocycles. The number of amidine groups is 1. The summed E-state index contributed by atoms with van der Waals surface area (Å²) in [5, 5.41) is 9.67. The first-order chi connectivity index (χ1) is 19.9. The Kier molecular flexibility index (Phi) is 7.77. The van der Waals surface area contributed by atoms with Crippen molar-refractivity contribution in [2.75, 3.05) is 18.1 Å². The summed E-state index contributed by atoms with van der Waals surface area (Å²) in [5.41, 5.74) is 8.36. The first-order valence-corrected chi connectivity index (χ1v) is 14.6. The fourth-order valence-corrected chi connectivity index (χ4v) is 6.72. The number of anilines is 1. The fourth-order valence-electron chi connectivity index (χ4n) is 6.54. The Bertz CT molecular complexity index is 1520. The van der Waals surface area contributed by atoms with Gasteiger partial charge in [0.1, 0.15) is 11.2 Å². The number of carbonyl (C=O) groups is 1. The first-order valence-electron chi connectivity index (χ1n) is 14.2. The maximum absolute atomic E-state index is 11.3. The van der Waals surface area contributed by atoms with Crippen molar-refractivity contribution in [3.63, 3.8) is 0 Å². The number of carboxylic acid groups (broad SMARTS) is 1. The Balaban J connectivity index is 1.54. The van der Waals surface area contributed by atoms with Crippen molar-refractivity contribution in [3.05, 3.63) is 29.3 Å². The van der Waals surface area contributed by atoms with E-state index in [0.29, 0.717) is 46.9 Å². The molecule has 2 unspecified atom stereocenters. The number of ether oxygens (including phenoxy) is 1. The molecule has 3 fully saturated rings. The molecule has 1 saturated heterocycles. The molecule has 2 atom stereocenters. The zero-order chi connectivity index (χ0) is 28.5. The number of terminal acetylenes is 1. The van der Waals surface area contributed by atoms with E-state index >= 15 is 0 Å². The van der Waals surface area contributed by atoms with Crippen LogP contribution in [0.4, 0.5) is 10.7 Å². The third kappa shape index (κ3) is 5.59. The molecule has 214 valence electrons. The lowest BCUT2D eigenvalue weighted by molar-refractivity contribution is -0.00958. The molecule has 1 amide bonds. The highest BCUT2D eigenvalue weighted by Crippen LogP contribution is 2.38. The maximum atomic E-state index is 11.3. The van der Waals surface area contributed by atoms with Gasteiger partial charge in [-0.25, -0.2) is 14.8 Å². The van der Waals surface area contributed by atoms with Crippen molar-refractivity contribution in [2.24, 2.45) is 22.6 Å². The van der Waals surface area contributed by atoms with Crippen molar-refractivity contribution >= 4 is 40.6 Å². The highest BCUT2D eigenvalue weighted by atomic mass is 35.5. The molecule has 3 aromatic heterocycles. The van der Waals surface area contributed by atoms with Gasteiger partial charge in [0, 0.05) is 37.0 Å². The Hall–Kier alpha value is -3.75. The number of rotatable bonds is 5. The quantitative estimate of drug-likeness (QED) is 0.254. The summed E-state index contributed by atoms with van der Waals surface area (Å²) in [4.78, 5) is 35.9. The number of nitrogens with zero attached hydrogens (tertiary/aromatic N) is 7. The van der Waals surface area contributed by atoms with E-state index in [2.05, 4.69) is 30.3 Å². The number of pyridine rings is 1. The molecule has 11 nitrogen and oxygen atoms in total. The van der Waals surface area contributed by atoms with Crippen LogP contribution in [0, 0.1) is 24.2 Å². The van der Waals surface area contributed by atoms with Crippen LogP contribution in [0.5, 0.6) is 0 Å². The van der Waals surface area contributed by atoms with Gasteiger partial charge in [-0.3, -0.25) is 4.98 Å². The van der Waals surface area contributed by atoms with Crippen molar-refractivity contribution in [1.82, 2.24) is 24.5 Å². The van der Waals surface area contributed by atoms with E-state index in [0.717, 1.165) is 69.4 Å². The summed E-state index contributed by atoms with van der Waals surface area (Å²) in [7, 11) is 0. The lowest BCUT2D eigenvalue weighted by Gasteiger charge is -2.44. The van der Waals surface area contributed by atoms with E-state index in [9.17, 15) is 9.90 Å². The van der Waals surface area contributed by atoms with E-state index in [1.165, 1.54) is 0 Å². The molecular formula is C29H33ClN8O3. The number of imidazole rings is 1. The van der Waals surface area contributed by atoms with Crippen LogP contribution in [0.25, 0.3) is 22.4 Å². The number of halogens is 1. The van der Waals surface area contributed by atoms with Crippen LogP contribution in [0.15, 0.2) is 23.5 Å². The van der Waals surface area contributed by atoms with Crippen LogP contribution in [0.2, 0.25) is 5.02 Å². The first kappa shape index (κ1) is 27.4. The number of hydrogen-bond donors (Lipinski definition) is 2. The minimum atomic E-state index is -1.43. The van der Waals surface area contributed by atoms with E-state index in [1.807, 2.05) is 0 Å². The summed E-state index contributed by atoms with van der Waals surface area (Å²) >= 11 is 6.35. The lowest BCUT2D eigenvalue weighted by Crippen LogP contribution is -2.53. The molecule has 12 heteroatoms. The van der Waals surface area contributed by atoms with Gasteiger partial charge >= 0.3 is 6.09 Å². The predicted molar refractivity (Wildman–Crippen MR) is 156 cm³/mol. The summed E-state index contributed by atoms with van der Waals surface area (Å²) < 4.78 is 8.41. The van der Waals surface area contributed by atoms with Crippen LogP contribution >= 0.6 is 11.6 Å². The van der Waals surface area contributed by atoms with E-state index in [4.69, 9.17) is 38.5 Å². The predicted octanol–water partition coefficient (Wildman–Crippen LogP) is 4.51. The van der Waals surface area contributed by atoms with Crippen molar-refractivity contribution in [1.29, 1.82) is 0 Å². The number of nitrogens with two attached hydrogens (primary N) is 1. The van der Waals surface area contributed by atoms with Gasteiger partial charge in [0.2, 0.25) is 5.95 Å². The smallest absolute Gasteiger partial charge is 0.433 e. The lowest BCUT2D eigenvalue weighted by atomic mass is 9.82. The SMILES string of the molecule is C#CC1CCC(Cn2c(N3CCOC4CCCCC43)nc3nc(C(N)=NC(=O)O)nc(-c4cncc(Cl)c4)c32)CC1. The number of morpholine rings is 1. The third-order valence-electron chi connectivity index (χ3n) is 8.52. The molecule has 3 N–H and O–H groups in total. The number of amides is 1. The molecule has 2 aliphatic carbocycles. The largest absolute Gasteiger partial charge is 0.463 e. The minimum Gasteiger partial charge on any atom is -0.463 e. The second-order valence-corrected chi connectivity index (χ2v) is 11.5. The monoisotopic (exact) mass is 576 g/mol. The van der Waals surface area contributed by atoms with E-state index < -0.39 is 6.09 Å². The molecule has 6 rings (SSSR count). The van der Waals surface area contributed by atoms with Crippen molar-refractivity contribution in [3.8, 4) is 23.6 Å². The number of fused-ring (bicyclic) bond motifs is 2.